The Kier molecular flexibility index (Phi) is 4.46. The summed E-state index contributed by atoms with van der Waals surface area (Å²) in [5.41, 5.74) is 10.2. The van der Waals surface area contributed by atoms with Crippen LogP contribution in [-0.4, -0.2) is 16.7 Å². The minimum Gasteiger partial charge on any atom is -0.397 e. The third kappa shape index (κ3) is 3.38. The van der Waals surface area contributed by atoms with Crippen molar-refractivity contribution in [3.8, 4) is 0 Å². The first-order valence-corrected chi connectivity index (χ1v) is 7.02. The van der Waals surface area contributed by atoms with E-state index in [4.69, 9.17) is 5.73 Å². The van der Waals surface area contributed by atoms with Crippen molar-refractivity contribution in [3.05, 3.63) is 39.2 Å². The van der Waals surface area contributed by atoms with Crippen molar-refractivity contribution >= 4 is 34.0 Å². The minimum absolute atomic E-state index is 0.807. The van der Waals surface area contributed by atoms with Crippen LogP contribution in [0.15, 0.2) is 24.4 Å². The topological polar surface area (TPSA) is 66.7 Å². The van der Waals surface area contributed by atoms with Gasteiger partial charge in [0.05, 0.1) is 17.6 Å². The molecule has 0 unspecified atom stereocenters. The molecule has 0 radical (unpaired) electrons. The molecule has 2 rings (SSSR count). The van der Waals surface area contributed by atoms with Crippen LogP contribution in [-0.2, 0) is 6.42 Å². The average molecular weight is 356 g/mol. The van der Waals surface area contributed by atoms with Crippen LogP contribution in [0.25, 0.3) is 0 Å². The molecule has 0 bridgehead atoms. The van der Waals surface area contributed by atoms with Crippen LogP contribution in [0.2, 0.25) is 0 Å². The molecular weight excluding hydrogens is 339 g/mol. The van der Waals surface area contributed by atoms with Gasteiger partial charge in [-0.1, -0.05) is 0 Å². The lowest BCUT2D eigenvalue weighted by atomic mass is 10.1. The zero-order valence-electron chi connectivity index (χ0n) is 10.3. The molecule has 1 heterocycles. The van der Waals surface area contributed by atoms with Gasteiger partial charge in [0.25, 0.3) is 0 Å². The van der Waals surface area contributed by atoms with Crippen molar-refractivity contribution in [2.24, 2.45) is 0 Å². The predicted molar refractivity (Wildman–Crippen MR) is 83.7 cm³/mol. The van der Waals surface area contributed by atoms with Crippen LogP contribution < -0.4 is 11.1 Å². The van der Waals surface area contributed by atoms with Crippen molar-refractivity contribution in [3.63, 3.8) is 0 Å². The minimum atomic E-state index is 0.807. The van der Waals surface area contributed by atoms with Gasteiger partial charge in [-0.3, -0.25) is 5.10 Å². The summed E-state index contributed by atoms with van der Waals surface area (Å²) in [6, 6.07) is 6.06. The zero-order chi connectivity index (χ0) is 13.0. The Labute approximate surface area is 120 Å². The van der Waals surface area contributed by atoms with Gasteiger partial charge in [-0.15, -0.1) is 0 Å². The number of rotatable bonds is 5. The summed E-state index contributed by atoms with van der Waals surface area (Å²) in [6.45, 7) is 2.96. The highest BCUT2D eigenvalue weighted by Crippen LogP contribution is 2.20. The number of nitrogens with two attached hydrogens (primary N) is 1. The van der Waals surface area contributed by atoms with Crippen LogP contribution in [0.4, 0.5) is 11.4 Å². The van der Waals surface area contributed by atoms with Gasteiger partial charge in [-0.05, 0) is 66.1 Å². The van der Waals surface area contributed by atoms with E-state index in [2.05, 4.69) is 44.2 Å². The number of hydrogen-bond donors (Lipinski definition) is 3. The van der Waals surface area contributed by atoms with Crippen molar-refractivity contribution < 1.29 is 0 Å². The number of benzene rings is 1. The molecule has 1 aromatic carbocycles. The summed E-state index contributed by atoms with van der Waals surface area (Å²) in [6.07, 6.45) is 3.99. The van der Waals surface area contributed by atoms with E-state index < -0.39 is 0 Å². The van der Waals surface area contributed by atoms with Crippen molar-refractivity contribution in [1.82, 2.24) is 10.2 Å². The normalized spacial score (nSPS) is 10.6. The Morgan fingerprint density at radius 2 is 2.28 bits per heavy atom. The van der Waals surface area contributed by atoms with Gasteiger partial charge in [-0.2, -0.15) is 5.10 Å². The van der Waals surface area contributed by atoms with Crippen LogP contribution in [0, 0.1) is 10.5 Å². The lowest BCUT2D eigenvalue weighted by molar-refractivity contribution is 0.857. The zero-order valence-corrected chi connectivity index (χ0v) is 12.5. The third-order valence-corrected chi connectivity index (χ3v) is 3.56. The molecule has 4 N–H and O–H groups in total. The first-order valence-electron chi connectivity index (χ1n) is 5.94. The van der Waals surface area contributed by atoms with Crippen LogP contribution in [0.3, 0.4) is 0 Å². The van der Waals surface area contributed by atoms with Crippen LogP contribution >= 0.6 is 22.6 Å². The molecule has 0 fully saturated rings. The number of anilines is 2. The fraction of sp³-hybridized carbons (Fsp3) is 0.308. The number of nitrogens with one attached hydrogen (secondary N) is 2. The molecule has 96 valence electrons. The molecule has 0 spiro atoms. The summed E-state index contributed by atoms with van der Waals surface area (Å²) in [7, 11) is 0. The maximum Gasteiger partial charge on any atom is 0.0574 e. The molecule has 0 amide bonds. The number of nitrogens with zero attached hydrogens (tertiary/aromatic N) is 1. The smallest absolute Gasteiger partial charge is 0.0574 e. The van der Waals surface area contributed by atoms with E-state index in [1.165, 1.54) is 5.56 Å². The number of nitrogen functional groups attached to an aromatic ring is 1. The maximum absolute atomic E-state index is 5.94. The summed E-state index contributed by atoms with van der Waals surface area (Å²) in [5.74, 6) is 0. The first-order chi connectivity index (χ1) is 8.66. The van der Waals surface area contributed by atoms with Gasteiger partial charge in [0, 0.05) is 15.8 Å². The van der Waals surface area contributed by atoms with Crippen LogP contribution in [0.5, 0.6) is 0 Å². The first kappa shape index (κ1) is 13.2. The Bertz CT molecular complexity index is 521. The summed E-state index contributed by atoms with van der Waals surface area (Å²) in [4.78, 5) is 0. The predicted octanol–water partition coefficient (Wildman–Crippen LogP) is 2.95. The van der Waals surface area contributed by atoms with E-state index in [0.717, 1.165) is 40.0 Å². The number of hydrogen-bond acceptors (Lipinski definition) is 3. The van der Waals surface area contributed by atoms with Crippen LogP contribution in [0.1, 0.15) is 17.7 Å². The second-order valence-corrected chi connectivity index (χ2v) is 5.53. The second-order valence-electron chi connectivity index (χ2n) is 4.28. The van der Waals surface area contributed by atoms with Crippen molar-refractivity contribution in [1.29, 1.82) is 0 Å². The molecular formula is C13H17IN4. The number of aryl methyl sites for hydroxylation is 2. The highest BCUT2D eigenvalue weighted by molar-refractivity contribution is 14.1. The molecule has 1 aromatic heterocycles. The van der Waals surface area contributed by atoms with E-state index in [-0.39, 0.29) is 0 Å². The van der Waals surface area contributed by atoms with Gasteiger partial charge in [0.2, 0.25) is 0 Å². The molecule has 0 saturated carbocycles. The van der Waals surface area contributed by atoms with E-state index in [9.17, 15) is 0 Å². The van der Waals surface area contributed by atoms with Gasteiger partial charge in [0.1, 0.15) is 0 Å². The molecule has 0 aliphatic carbocycles. The summed E-state index contributed by atoms with van der Waals surface area (Å²) < 4.78 is 1.16. The molecule has 0 aliphatic heterocycles. The molecule has 2 aromatic rings. The van der Waals surface area contributed by atoms with Gasteiger partial charge in [0.15, 0.2) is 0 Å². The fourth-order valence-corrected chi connectivity index (χ4v) is 2.34. The average Bonchev–Trinajstić information content (AvgIpc) is 2.73. The van der Waals surface area contributed by atoms with E-state index in [0.29, 0.717) is 0 Å². The lowest BCUT2D eigenvalue weighted by Gasteiger charge is -2.09. The molecule has 0 saturated heterocycles. The van der Waals surface area contributed by atoms with Crippen molar-refractivity contribution in [2.75, 3.05) is 17.6 Å². The monoisotopic (exact) mass is 356 g/mol. The second kappa shape index (κ2) is 6.08. The standard InChI is InChI=1S/C13H17IN4/c1-9-10(8-17-18-9)3-2-6-16-13-5-4-11(14)7-12(13)15/h4-5,7-8,16H,2-3,6,15H2,1H3,(H,17,18). The maximum atomic E-state index is 5.94. The van der Waals surface area contributed by atoms with E-state index in [1.807, 2.05) is 25.3 Å². The largest absolute Gasteiger partial charge is 0.397 e. The Morgan fingerprint density at radius 1 is 1.44 bits per heavy atom. The molecule has 0 aliphatic rings. The molecule has 5 heteroatoms. The number of halogens is 1. The number of aromatic amines is 1. The van der Waals surface area contributed by atoms with Gasteiger partial charge in [-0.25, -0.2) is 0 Å². The fourth-order valence-electron chi connectivity index (χ4n) is 1.82. The summed E-state index contributed by atoms with van der Waals surface area (Å²) >= 11 is 2.26. The summed E-state index contributed by atoms with van der Waals surface area (Å²) in [5, 5.41) is 10.3. The van der Waals surface area contributed by atoms with Crippen molar-refractivity contribution in [2.45, 2.75) is 19.8 Å². The van der Waals surface area contributed by atoms with E-state index >= 15 is 0 Å². The SMILES string of the molecule is Cc1[nH]ncc1CCCNc1ccc(I)cc1N. The highest BCUT2D eigenvalue weighted by Gasteiger charge is 2.01. The number of H-pyrrole nitrogens is 1. The highest BCUT2D eigenvalue weighted by atomic mass is 127. The Morgan fingerprint density at radius 3 is 2.94 bits per heavy atom. The third-order valence-electron chi connectivity index (χ3n) is 2.89. The van der Waals surface area contributed by atoms with Gasteiger partial charge >= 0.3 is 0 Å². The van der Waals surface area contributed by atoms with E-state index in [1.54, 1.807) is 0 Å². The molecule has 0 atom stereocenters. The Balaban J connectivity index is 1.80. The Hall–Kier alpha value is -1.24. The molecule has 4 nitrogen and oxygen atoms in total. The van der Waals surface area contributed by atoms with Gasteiger partial charge < -0.3 is 11.1 Å². The molecule has 18 heavy (non-hydrogen) atoms. The quantitative estimate of drug-likeness (QED) is 0.438. The number of aromatic nitrogens is 2. The lowest BCUT2D eigenvalue weighted by Crippen LogP contribution is -2.05.